The van der Waals surface area contributed by atoms with Gasteiger partial charge in [0.15, 0.2) is 0 Å². The zero-order valence-corrected chi connectivity index (χ0v) is 10.7. The van der Waals surface area contributed by atoms with Crippen molar-refractivity contribution in [2.45, 2.75) is 0 Å². The fourth-order valence-electron chi connectivity index (χ4n) is 1.77. The molecule has 0 bridgehead atoms. The Hall–Kier alpha value is -3.22. The lowest BCUT2D eigenvalue weighted by Crippen LogP contribution is -2.17. The topological polar surface area (TPSA) is 101 Å². The van der Waals surface area contributed by atoms with Crippen molar-refractivity contribution in [1.82, 2.24) is 15.7 Å². The van der Waals surface area contributed by atoms with E-state index in [1.807, 2.05) is 0 Å². The maximum absolute atomic E-state index is 11.8. The number of para-hydroxylation sites is 1. The number of fused-ring (bicyclic) bond motifs is 1. The van der Waals surface area contributed by atoms with Crippen LogP contribution in [-0.2, 0) is 0 Å². The molecule has 104 valence electrons. The van der Waals surface area contributed by atoms with Crippen LogP contribution in [0.25, 0.3) is 11.0 Å². The predicted octanol–water partition coefficient (Wildman–Crippen LogP) is 1.69. The van der Waals surface area contributed by atoms with Crippen LogP contribution in [0.5, 0.6) is 5.75 Å². The van der Waals surface area contributed by atoms with Crippen LogP contribution >= 0.6 is 0 Å². The second-order valence-corrected chi connectivity index (χ2v) is 4.23. The summed E-state index contributed by atoms with van der Waals surface area (Å²) in [6.45, 7) is 0. The number of amides is 1. The number of phenolic OH excluding ortho intramolecular Hbond substituents is 1. The number of rotatable bonds is 3. The van der Waals surface area contributed by atoms with Crippen LogP contribution < -0.4 is 5.43 Å². The molecule has 0 aliphatic rings. The normalized spacial score (nSPS) is 11.0. The third-order valence-electron chi connectivity index (χ3n) is 2.81. The summed E-state index contributed by atoms with van der Waals surface area (Å²) in [7, 11) is 0. The van der Waals surface area contributed by atoms with Crippen LogP contribution in [0.4, 0.5) is 0 Å². The van der Waals surface area contributed by atoms with Gasteiger partial charge < -0.3 is 5.11 Å². The Morgan fingerprint density at radius 2 is 2.00 bits per heavy atom. The van der Waals surface area contributed by atoms with Gasteiger partial charge in [0.2, 0.25) is 0 Å². The monoisotopic (exact) mass is 282 g/mol. The van der Waals surface area contributed by atoms with E-state index in [9.17, 15) is 9.90 Å². The lowest BCUT2D eigenvalue weighted by molar-refractivity contribution is 0.0952. The van der Waals surface area contributed by atoms with Crippen LogP contribution in [0.1, 0.15) is 15.9 Å². The quantitative estimate of drug-likeness (QED) is 0.562. The highest BCUT2D eigenvalue weighted by atomic mass is 16.6. The Morgan fingerprint density at radius 1 is 1.19 bits per heavy atom. The first-order valence-corrected chi connectivity index (χ1v) is 6.08. The van der Waals surface area contributed by atoms with Crippen molar-refractivity contribution >= 4 is 23.2 Å². The number of aromatic hydroxyl groups is 1. The lowest BCUT2D eigenvalue weighted by Gasteiger charge is -2.01. The molecule has 3 aromatic rings. The molecule has 0 aliphatic carbocycles. The molecule has 7 heteroatoms. The van der Waals surface area contributed by atoms with E-state index in [1.165, 1.54) is 18.3 Å². The molecular weight excluding hydrogens is 272 g/mol. The van der Waals surface area contributed by atoms with Gasteiger partial charge in [0, 0.05) is 0 Å². The van der Waals surface area contributed by atoms with E-state index >= 15 is 0 Å². The summed E-state index contributed by atoms with van der Waals surface area (Å²) in [6.07, 6.45) is 1.46. The minimum Gasteiger partial charge on any atom is -0.507 e. The van der Waals surface area contributed by atoms with Crippen molar-refractivity contribution in [1.29, 1.82) is 0 Å². The summed E-state index contributed by atoms with van der Waals surface area (Å²) < 4.78 is 4.59. The SMILES string of the molecule is O=C(N/N=C/c1ccc2nonc2c1)c1ccccc1O. The smallest absolute Gasteiger partial charge is 0.275 e. The van der Waals surface area contributed by atoms with E-state index in [4.69, 9.17) is 0 Å². The Balaban J connectivity index is 1.72. The molecule has 0 saturated heterocycles. The van der Waals surface area contributed by atoms with Crippen LogP contribution in [-0.4, -0.2) is 27.5 Å². The number of hydrogen-bond acceptors (Lipinski definition) is 6. The molecule has 0 aliphatic heterocycles. The highest BCUT2D eigenvalue weighted by Gasteiger charge is 2.08. The maximum atomic E-state index is 11.8. The summed E-state index contributed by atoms with van der Waals surface area (Å²) in [5.74, 6) is -0.589. The number of nitrogens with zero attached hydrogens (tertiary/aromatic N) is 3. The van der Waals surface area contributed by atoms with E-state index in [0.29, 0.717) is 11.0 Å². The van der Waals surface area contributed by atoms with Gasteiger partial charge in [0.05, 0.1) is 11.8 Å². The number of hydrazone groups is 1. The minimum absolute atomic E-state index is 0.0970. The molecule has 2 aromatic carbocycles. The third kappa shape index (κ3) is 2.71. The van der Waals surface area contributed by atoms with Crippen LogP contribution in [0.15, 0.2) is 52.2 Å². The molecule has 0 fully saturated rings. The predicted molar refractivity (Wildman–Crippen MR) is 75.0 cm³/mol. The van der Waals surface area contributed by atoms with Gasteiger partial charge in [-0.15, -0.1) is 0 Å². The second-order valence-electron chi connectivity index (χ2n) is 4.23. The van der Waals surface area contributed by atoms with Crippen molar-refractivity contribution in [2.75, 3.05) is 0 Å². The average molecular weight is 282 g/mol. The molecular formula is C14H10N4O3. The van der Waals surface area contributed by atoms with Crippen LogP contribution in [0, 0.1) is 0 Å². The van der Waals surface area contributed by atoms with Gasteiger partial charge >= 0.3 is 0 Å². The van der Waals surface area contributed by atoms with E-state index in [2.05, 4.69) is 25.5 Å². The molecule has 7 nitrogen and oxygen atoms in total. The Labute approximate surface area is 118 Å². The second kappa shape index (κ2) is 5.41. The van der Waals surface area contributed by atoms with Crippen molar-refractivity contribution in [3.8, 4) is 5.75 Å². The largest absolute Gasteiger partial charge is 0.507 e. The molecule has 1 aromatic heterocycles. The van der Waals surface area contributed by atoms with Crippen LogP contribution in [0.3, 0.4) is 0 Å². The fourth-order valence-corrected chi connectivity index (χ4v) is 1.77. The van der Waals surface area contributed by atoms with E-state index in [1.54, 1.807) is 30.3 Å². The molecule has 0 unspecified atom stereocenters. The third-order valence-corrected chi connectivity index (χ3v) is 2.81. The van der Waals surface area contributed by atoms with Gasteiger partial charge in [-0.1, -0.05) is 18.2 Å². The average Bonchev–Trinajstić information content (AvgIpc) is 2.95. The number of benzene rings is 2. The first-order chi connectivity index (χ1) is 10.2. The summed E-state index contributed by atoms with van der Waals surface area (Å²) in [5, 5.41) is 20.8. The zero-order chi connectivity index (χ0) is 14.7. The van der Waals surface area contributed by atoms with Crippen molar-refractivity contribution < 1.29 is 14.5 Å². The molecule has 0 saturated carbocycles. The van der Waals surface area contributed by atoms with Crippen LogP contribution in [0.2, 0.25) is 0 Å². The molecule has 0 radical (unpaired) electrons. The molecule has 1 heterocycles. The van der Waals surface area contributed by atoms with Crippen molar-refractivity contribution in [2.24, 2.45) is 5.10 Å². The fraction of sp³-hybridized carbons (Fsp3) is 0. The molecule has 2 N–H and O–H groups in total. The molecule has 3 rings (SSSR count). The van der Waals surface area contributed by atoms with Gasteiger partial charge in [-0.3, -0.25) is 4.79 Å². The zero-order valence-electron chi connectivity index (χ0n) is 10.7. The number of carbonyl (C=O) groups excluding carboxylic acids is 1. The van der Waals surface area contributed by atoms with Gasteiger partial charge in [-0.05, 0) is 40.1 Å². The highest BCUT2D eigenvalue weighted by Crippen LogP contribution is 2.15. The Morgan fingerprint density at radius 3 is 2.86 bits per heavy atom. The number of aromatic nitrogens is 2. The first kappa shape index (κ1) is 12.8. The van der Waals surface area contributed by atoms with E-state index < -0.39 is 5.91 Å². The minimum atomic E-state index is -0.492. The maximum Gasteiger partial charge on any atom is 0.275 e. The Kier molecular flexibility index (Phi) is 3.30. The molecule has 1 amide bonds. The van der Waals surface area contributed by atoms with Crippen molar-refractivity contribution in [3.63, 3.8) is 0 Å². The standard InChI is InChI=1S/C14H10N4O3/c19-13-4-2-1-3-10(13)14(20)16-15-8-9-5-6-11-12(7-9)18-21-17-11/h1-8,19H,(H,16,20)/b15-8+. The first-order valence-electron chi connectivity index (χ1n) is 6.08. The molecule has 0 spiro atoms. The summed E-state index contributed by atoms with van der Waals surface area (Å²) in [6, 6.07) is 11.5. The molecule has 21 heavy (non-hydrogen) atoms. The highest BCUT2D eigenvalue weighted by molar-refractivity contribution is 5.97. The summed E-state index contributed by atoms with van der Waals surface area (Å²) in [5.41, 5.74) is 4.48. The van der Waals surface area contributed by atoms with Gasteiger partial charge in [0.25, 0.3) is 5.91 Å². The molecule has 0 atom stereocenters. The van der Waals surface area contributed by atoms with E-state index in [-0.39, 0.29) is 11.3 Å². The number of hydrogen-bond donors (Lipinski definition) is 2. The summed E-state index contributed by atoms with van der Waals surface area (Å²) >= 11 is 0. The van der Waals surface area contributed by atoms with E-state index in [0.717, 1.165) is 5.56 Å². The summed E-state index contributed by atoms with van der Waals surface area (Å²) in [4.78, 5) is 11.8. The van der Waals surface area contributed by atoms with Gasteiger partial charge in [0.1, 0.15) is 16.8 Å². The van der Waals surface area contributed by atoms with Crippen molar-refractivity contribution in [3.05, 3.63) is 53.6 Å². The number of carbonyl (C=O) groups is 1. The Bertz CT molecular complexity index is 826. The van der Waals surface area contributed by atoms with Gasteiger partial charge in [-0.25, -0.2) is 10.1 Å². The number of phenols is 1. The number of nitrogens with one attached hydrogen (secondary N) is 1. The lowest BCUT2D eigenvalue weighted by atomic mass is 10.2. The van der Waals surface area contributed by atoms with Gasteiger partial charge in [-0.2, -0.15) is 5.10 Å².